The van der Waals surface area contributed by atoms with Gasteiger partial charge in [0.15, 0.2) is 17.6 Å². The van der Waals surface area contributed by atoms with Gasteiger partial charge in [-0.2, -0.15) is 0 Å². The summed E-state index contributed by atoms with van der Waals surface area (Å²) in [4.78, 5) is 19.1. The quantitative estimate of drug-likeness (QED) is 0.294. The molecule has 0 saturated heterocycles. The second-order valence-electron chi connectivity index (χ2n) is 6.46. The summed E-state index contributed by atoms with van der Waals surface area (Å²) in [6.07, 6.45) is 3.02. The van der Waals surface area contributed by atoms with Crippen LogP contribution >= 0.6 is 22.6 Å². The van der Waals surface area contributed by atoms with Gasteiger partial charge in [0.05, 0.1) is 12.0 Å². The van der Waals surface area contributed by atoms with Crippen molar-refractivity contribution in [3.63, 3.8) is 0 Å². The van der Waals surface area contributed by atoms with Crippen molar-refractivity contribution in [2.75, 3.05) is 19.0 Å². The molecule has 0 aliphatic carbocycles. The van der Waals surface area contributed by atoms with Crippen molar-refractivity contribution in [2.24, 2.45) is 0 Å². The predicted octanol–water partition coefficient (Wildman–Crippen LogP) is 4.12. The van der Waals surface area contributed by atoms with Gasteiger partial charge in [0.1, 0.15) is 6.61 Å². The van der Waals surface area contributed by atoms with Crippen LogP contribution in [0.25, 0.3) is 0 Å². The lowest BCUT2D eigenvalue weighted by Gasteiger charge is -2.27. The van der Waals surface area contributed by atoms with Crippen molar-refractivity contribution in [2.45, 2.75) is 12.6 Å². The normalized spacial score (nSPS) is 14.8. The molecule has 3 heterocycles. The van der Waals surface area contributed by atoms with Crippen LogP contribution in [0.3, 0.4) is 0 Å². The number of ether oxygens (including phenoxy) is 3. The number of pyridine rings is 2. The monoisotopic (exact) mass is 520 g/mol. The van der Waals surface area contributed by atoms with Crippen LogP contribution in [0.5, 0.6) is 17.4 Å². The summed E-state index contributed by atoms with van der Waals surface area (Å²) in [5.41, 5.74) is 1.72. The van der Waals surface area contributed by atoms with E-state index in [2.05, 4.69) is 15.3 Å². The first-order chi connectivity index (χ1) is 14.5. The van der Waals surface area contributed by atoms with Crippen molar-refractivity contribution >= 4 is 34.1 Å². The van der Waals surface area contributed by atoms with Gasteiger partial charge in [0, 0.05) is 40.2 Å². The van der Waals surface area contributed by atoms with Crippen LogP contribution in [-0.2, 0) is 6.54 Å². The molecule has 1 N–H and O–H groups in total. The van der Waals surface area contributed by atoms with Gasteiger partial charge in [0.2, 0.25) is 11.7 Å². The van der Waals surface area contributed by atoms with E-state index in [0.29, 0.717) is 34.1 Å². The number of benzene rings is 1. The van der Waals surface area contributed by atoms with E-state index in [4.69, 9.17) is 14.2 Å². The van der Waals surface area contributed by atoms with Crippen LogP contribution in [0, 0.1) is 13.7 Å². The Labute approximate surface area is 185 Å². The summed E-state index contributed by atoms with van der Waals surface area (Å²) in [5, 5.41) is 14.3. The van der Waals surface area contributed by atoms with Gasteiger partial charge in [-0.25, -0.2) is 9.97 Å². The number of hydrogen-bond donors (Lipinski definition) is 1. The zero-order valence-electron chi connectivity index (χ0n) is 15.9. The van der Waals surface area contributed by atoms with E-state index >= 15 is 0 Å². The molecule has 1 aliphatic rings. The second kappa shape index (κ2) is 8.69. The summed E-state index contributed by atoms with van der Waals surface area (Å²) < 4.78 is 17.7. The predicted molar refractivity (Wildman–Crippen MR) is 117 cm³/mol. The number of fused-ring (bicyclic) bond motifs is 1. The molecule has 9 nitrogen and oxygen atoms in total. The molecule has 0 radical (unpaired) electrons. The third-order valence-corrected chi connectivity index (χ3v) is 5.09. The second-order valence-corrected chi connectivity index (χ2v) is 7.71. The molecule has 0 saturated carbocycles. The smallest absolute Gasteiger partial charge is 0.312 e. The molecule has 1 atom stereocenters. The van der Waals surface area contributed by atoms with Crippen LogP contribution in [-0.4, -0.2) is 28.6 Å². The van der Waals surface area contributed by atoms with E-state index in [9.17, 15) is 10.1 Å². The fraction of sp³-hybridized carbons (Fsp3) is 0.200. The highest BCUT2D eigenvalue weighted by Gasteiger charge is 2.23. The van der Waals surface area contributed by atoms with Crippen LogP contribution < -0.4 is 19.5 Å². The molecule has 0 spiro atoms. The molecular weight excluding hydrogens is 503 g/mol. The van der Waals surface area contributed by atoms with Crippen LogP contribution in [0.2, 0.25) is 0 Å². The third-order valence-electron chi connectivity index (χ3n) is 4.50. The standard InChI is InChI=1S/C20H17IN4O5/c1-28-19-5-3-13(9-22-19)18-11-29-17-6-12(2-4-16(17)30-18)8-23-20-15(25(26)27)7-14(21)10-24-20/h2-7,9-10,18H,8,11H2,1H3,(H,23,24). The molecule has 154 valence electrons. The number of halogens is 1. The van der Waals surface area contributed by atoms with Crippen molar-refractivity contribution in [3.05, 3.63) is 73.6 Å². The van der Waals surface area contributed by atoms with Gasteiger partial charge in [-0.1, -0.05) is 6.07 Å². The molecule has 0 bridgehead atoms. The minimum atomic E-state index is -0.449. The van der Waals surface area contributed by atoms with E-state index in [-0.39, 0.29) is 17.6 Å². The molecule has 0 amide bonds. The lowest BCUT2D eigenvalue weighted by molar-refractivity contribution is -0.384. The summed E-state index contributed by atoms with van der Waals surface area (Å²) >= 11 is 1.99. The van der Waals surface area contributed by atoms with Crippen molar-refractivity contribution in [1.29, 1.82) is 0 Å². The number of hydrogen-bond acceptors (Lipinski definition) is 8. The topological polar surface area (TPSA) is 109 Å². The summed E-state index contributed by atoms with van der Waals surface area (Å²) in [7, 11) is 1.57. The minimum Gasteiger partial charge on any atom is -0.485 e. The number of aromatic nitrogens is 2. The number of anilines is 1. The fourth-order valence-corrected chi connectivity index (χ4v) is 3.42. The lowest BCUT2D eigenvalue weighted by atomic mass is 10.1. The molecule has 3 aromatic rings. The Morgan fingerprint density at radius 2 is 2.10 bits per heavy atom. The molecule has 4 rings (SSSR count). The zero-order chi connectivity index (χ0) is 21.1. The summed E-state index contributed by atoms with van der Waals surface area (Å²) in [6, 6.07) is 10.7. The Morgan fingerprint density at radius 1 is 1.23 bits per heavy atom. The van der Waals surface area contributed by atoms with Crippen molar-refractivity contribution in [3.8, 4) is 17.4 Å². The Bertz CT molecular complexity index is 1080. The minimum absolute atomic E-state index is 0.0598. The van der Waals surface area contributed by atoms with Crippen molar-refractivity contribution in [1.82, 2.24) is 9.97 Å². The maximum atomic E-state index is 11.2. The van der Waals surface area contributed by atoms with E-state index in [0.717, 1.165) is 11.1 Å². The lowest BCUT2D eigenvalue weighted by Crippen LogP contribution is -2.22. The molecule has 1 unspecified atom stereocenters. The van der Waals surface area contributed by atoms with Gasteiger partial charge in [0.25, 0.3) is 0 Å². The Morgan fingerprint density at radius 3 is 2.83 bits per heavy atom. The first-order valence-corrected chi connectivity index (χ1v) is 10.1. The Balaban J connectivity index is 1.45. The van der Waals surface area contributed by atoms with Crippen LogP contribution in [0.1, 0.15) is 17.2 Å². The molecule has 30 heavy (non-hydrogen) atoms. The molecule has 10 heteroatoms. The molecule has 2 aromatic heterocycles. The number of nitro groups is 1. The highest BCUT2D eigenvalue weighted by atomic mass is 127. The zero-order valence-corrected chi connectivity index (χ0v) is 18.0. The van der Waals surface area contributed by atoms with Gasteiger partial charge in [-0.3, -0.25) is 10.1 Å². The van der Waals surface area contributed by atoms with E-state index < -0.39 is 4.92 Å². The van der Waals surface area contributed by atoms with Gasteiger partial charge >= 0.3 is 5.69 Å². The summed E-state index contributed by atoms with van der Waals surface area (Å²) in [6.45, 7) is 0.707. The first kappa shape index (κ1) is 20.1. The van der Waals surface area contributed by atoms with E-state index in [1.165, 1.54) is 6.07 Å². The SMILES string of the molecule is COc1ccc(C2COc3cc(CNc4ncc(I)cc4[N+](=O)[O-])ccc3O2)cn1. The number of methoxy groups -OCH3 is 1. The maximum Gasteiger partial charge on any atom is 0.312 e. The summed E-state index contributed by atoms with van der Waals surface area (Å²) in [5.74, 6) is 2.01. The van der Waals surface area contributed by atoms with Crippen molar-refractivity contribution < 1.29 is 19.1 Å². The maximum absolute atomic E-state index is 11.2. The number of rotatable bonds is 6. The van der Waals surface area contributed by atoms with Crippen LogP contribution in [0.15, 0.2) is 48.8 Å². The average Bonchev–Trinajstić information content (AvgIpc) is 2.77. The Hall–Kier alpha value is -3.15. The molecular formula is C20H17IN4O5. The molecule has 0 fully saturated rings. The van der Waals surface area contributed by atoms with Gasteiger partial charge < -0.3 is 19.5 Å². The van der Waals surface area contributed by atoms with E-state index in [1.54, 1.807) is 25.6 Å². The average molecular weight is 520 g/mol. The van der Waals surface area contributed by atoms with E-state index in [1.807, 2.05) is 46.9 Å². The number of nitrogens with zero attached hydrogens (tertiary/aromatic N) is 3. The van der Waals surface area contributed by atoms with Gasteiger partial charge in [-0.15, -0.1) is 0 Å². The fourth-order valence-electron chi connectivity index (χ4n) is 2.98. The molecule has 1 aliphatic heterocycles. The third kappa shape index (κ3) is 4.37. The number of nitrogens with one attached hydrogen (secondary N) is 1. The Kier molecular flexibility index (Phi) is 5.84. The van der Waals surface area contributed by atoms with Crippen LogP contribution in [0.4, 0.5) is 11.5 Å². The highest BCUT2D eigenvalue weighted by Crippen LogP contribution is 2.37. The van der Waals surface area contributed by atoms with Gasteiger partial charge in [-0.05, 0) is 46.4 Å². The first-order valence-electron chi connectivity index (χ1n) is 8.99. The highest BCUT2D eigenvalue weighted by molar-refractivity contribution is 14.1. The molecule has 1 aromatic carbocycles. The largest absolute Gasteiger partial charge is 0.485 e.